The Morgan fingerprint density at radius 3 is 2.93 bits per heavy atom. The lowest BCUT2D eigenvalue weighted by molar-refractivity contribution is 0.0808. The number of nitrogens with one attached hydrogen (secondary N) is 1. The standard InChI is InChI=1S/C13H19NO/c1-13(2,15)9-10-5-3-7-12-11(10)6-4-8-14-12/h3,5,7,14-15H,4,6,8-9H2,1-2H3. The Balaban J connectivity index is 2.31. The topological polar surface area (TPSA) is 32.3 Å². The zero-order valence-corrected chi connectivity index (χ0v) is 9.51. The van der Waals surface area contributed by atoms with Crippen molar-refractivity contribution in [2.45, 2.75) is 38.7 Å². The Morgan fingerprint density at radius 2 is 2.20 bits per heavy atom. The van der Waals surface area contributed by atoms with Crippen molar-refractivity contribution in [1.82, 2.24) is 0 Å². The first kappa shape index (κ1) is 10.5. The lowest BCUT2D eigenvalue weighted by Crippen LogP contribution is -2.24. The van der Waals surface area contributed by atoms with Crippen molar-refractivity contribution in [2.75, 3.05) is 11.9 Å². The second kappa shape index (κ2) is 3.86. The van der Waals surface area contributed by atoms with Gasteiger partial charge in [0.25, 0.3) is 0 Å². The smallest absolute Gasteiger partial charge is 0.0632 e. The molecule has 0 aromatic heterocycles. The third kappa shape index (κ3) is 2.51. The van der Waals surface area contributed by atoms with Crippen LogP contribution in [-0.4, -0.2) is 17.3 Å². The van der Waals surface area contributed by atoms with Crippen molar-refractivity contribution >= 4 is 5.69 Å². The van der Waals surface area contributed by atoms with Gasteiger partial charge in [0.15, 0.2) is 0 Å². The van der Waals surface area contributed by atoms with Gasteiger partial charge in [0.2, 0.25) is 0 Å². The summed E-state index contributed by atoms with van der Waals surface area (Å²) in [5.41, 5.74) is 3.31. The van der Waals surface area contributed by atoms with Crippen molar-refractivity contribution in [3.8, 4) is 0 Å². The Morgan fingerprint density at radius 1 is 1.40 bits per heavy atom. The predicted molar refractivity (Wildman–Crippen MR) is 63.3 cm³/mol. The van der Waals surface area contributed by atoms with E-state index in [2.05, 4.69) is 23.5 Å². The molecule has 0 amide bonds. The molecule has 0 spiro atoms. The van der Waals surface area contributed by atoms with E-state index < -0.39 is 5.60 Å². The molecule has 82 valence electrons. The van der Waals surface area contributed by atoms with Crippen LogP contribution in [0.15, 0.2) is 18.2 Å². The van der Waals surface area contributed by atoms with Crippen LogP contribution in [0.3, 0.4) is 0 Å². The number of aliphatic hydroxyl groups is 1. The van der Waals surface area contributed by atoms with Gasteiger partial charge in [-0.05, 0) is 43.9 Å². The lowest BCUT2D eigenvalue weighted by Gasteiger charge is -2.24. The third-order valence-corrected chi connectivity index (χ3v) is 2.82. The van der Waals surface area contributed by atoms with Crippen molar-refractivity contribution in [1.29, 1.82) is 0 Å². The van der Waals surface area contributed by atoms with Gasteiger partial charge in [0.05, 0.1) is 5.60 Å². The van der Waals surface area contributed by atoms with Crippen LogP contribution in [0, 0.1) is 0 Å². The summed E-state index contributed by atoms with van der Waals surface area (Å²) in [5.74, 6) is 0. The zero-order chi connectivity index (χ0) is 10.9. The Kier molecular flexibility index (Phi) is 2.70. The van der Waals surface area contributed by atoms with Crippen LogP contribution in [0.2, 0.25) is 0 Å². The highest BCUT2D eigenvalue weighted by Gasteiger charge is 2.18. The van der Waals surface area contributed by atoms with Crippen LogP contribution in [0.5, 0.6) is 0 Å². The largest absolute Gasteiger partial charge is 0.390 e. The Labute approximate surface area is 91.3 Å². The normalized spacial score (nSPS) is 15.7. The zero-order valence-electron chi connectivity index (χ0n) is 9.51. The summed E-state index contributed by atoms with van der Waals surface area (Å²) in [6.07, 6.45) is 3.06. The minimum Gasteiger partial charge on any atom is -0.390 e. The van der Waals surface area contributed by atoms with Gasteiger partial charge < -0.3 is 10.4 Å². The molecule has 0 fully saturated rings. The van der Waals surface area contributed by atoms with E-state index in [1.807, 2.05) is 13.8 Å². The van der Waals surface area contributed by atoms with Gasteiger partial charge in [-0.2, -0.15) is 0 Å². The number of fused-ring (bicyclic) bond motifs is 1. The first-order valence-electron chi connectivity index (χ1n) is 5.63. The summed E-state index contributed by atoms with van der Waals surface area (Å²) in [6.45, 7) is 4.80. The van der Waals surface area contributed by atoms with Crippen LogP contribution in [0.4, 0.5) is 5.69 Å². The van der Waals surface area contributed by atoms with Crippen molar-refractivity contribution in [3.63, 3.8) is 0 Å². The van der Waals surface area contributed by atoms with E-state index in [-0.39, 0.29) is 0 Å². The highest BCUT2D eigenvalue weighted by molar-refractivity contribution is 5.56. The number of anilines is 1. The Hall–Kier alpha value is -1.02. The average molecular weight is 205 g/mol. The fourth-order valence-corrected chi connectivity index (χ4v) is 2.22. The fraction of sp³-hybridized carbons (Fsp3) is 0.538. The predicted octanol–water partition coefficient (Wildman–Crippen LogP) is 2.36. The van der Waals surface area contributed by atoms with E-state index in [4.69, 9.17) is 0 Å². The third-order valence-electron chi connectivity index (χ3n) is 2.82. The molecule has 15 heavy (non-hydrogen) atoms. The number of hydrogen-bond acceptors (Lipinski definition) is 2. The van der Waals surface area contributed by atoms with Gasteiger partial charge in [-0.15, -0.1) is 0 Å². The molecule has 0 unspecified atom stereocenters. The van der Waals surface area contributed by atoms with Crippen LogP contribution >= 0.6 is 0 Å². The maximum Gasteiger partial charge on any atom is 0.0632 e. The van der Waals surface area contributed by atoms with Crippen LogP contribution in [-0.2, 0) is 12.8 Å². The molecule has 1 aromatic carbocycles. The average Bonchev–Trinajstić information content (AvgIpc) is 2.16. The molecule has 0 atom stereocenters. The molecule has 0 bridgehead atoms. The van der Waals surface area contributed by atoms with Crippen molar-refractivity contribution in [3.05, 3.63) is 29.3 Å². The summed E-state index contributed by atoms with van der Waals surface area (Å²) in [5, 5.41) is 13.3. The van der Waals surface area contributed by atoms with Crippen molar-refractivity contribution < 1.29 is 5.11 Å². The maximum atomic E-state index is 9.85. The van der Waals surface area contributed by atoms with Crippen LogP contribution in [0.1, 0.15) is 31.4 Å². The second-order valence-electron chi connectivity index (χ2n) is 4.96. The van der Waals surface area contributed by atoms with Crippen LogP contribution in [0.25, 0.3) is 0 Å². The second-order valence-corrected chi connectivity index (χ2v) is 4.96. The molecule has 0 saturated heterocycles. The van der Waals surface area contributed by atoms with Gasteiger partial charge in [0, 0.05) is 18.7 Å². The monoisotopic (exact) mass is 205 g/mol. The highest BCUT2D eigenvalue weighted by Crippen LogP contribution is 2.27. The van der Waals surface area contributed by atoms with E-state index >= 15 is 0 Å². The number of benzene rings is 1. The molecule has 0 saturated carbocycles. The number of hydrogen-bond donors (Lipinski definition) is 2. The summed E-state index contributed by atoms with van der Waals surface area (Å²) in [4.78, 5) is 0. The van der Waals surface area contributed by atoms with Gasteiger partial charge in [-0.1, -0.05) is 12.1 Å². The fourth-order valence-electron chi connectivity index (χ4n) is 2.22. The molecule has 1 aliphatic rings. The van der Waals surface area contributed by atoms with Gasteiger partial charge in [-0.3, -0.25) is 0 Å². The molecule has 1 aromatic rings. The molecule has 1 aliphatic heterocycles. The van der Waals surface area contributed by atoms with Crippen molar-refractivity contribution in [2.24, 2.45) is 0 Å². The molecular weight excluding hydrogens is 186 g/mol. The first-order chi connectivity index (χ1) is 7.06. The molecule has 2 rings (SSSR count). The minimum absolute atomic E-state index is 0.618. The van der Waals surface area contributed by atoms with Crippen LogP contribution < -0.4 is 5.32 Å². The van der Waals surface area contributed by atoms with E-state index in [9.17, 15) is 5.11 Å². The molecular formula is C13H19NO. The van der Waals surface area contributed by atoms with Gasteiger partial charge >= 0.3 is 0 Å². The first-order valence-corrected chi connectivity index (χ1v) is 5.63. The molecule has 2 heteroatoms. The lowest BCUT2D eigenvalue weighted by atomic mass is 9.90. The SMILES string of the molecule is CC(C)(O)Cc1cccc2c1CCCN2. The molecule has 0 radical (unpaired) electrons. The number of rotatable bonds is 2. The Bertz CT molecular complexity index is 352. The van der Waals surface area contributed by atoms with Gasteiger partial charge in [0.1, 0.15) is 0 Å². The maximum absolute atomic E-state index is 9.85. The molecule has 2 nitrogen and oxygen atoms in total. The minimum atomic E-state index is -0.618. The van der Waals surface area contributed by atoms with Gasteiger partial charge in [-0.25, -0.2) is 0 Å². The molecule has 1 heterocycles. The summed E-state index contributed by atoms with van der Waals surface area (Å²) < 4.78 is 0. The van der Waals surface area contributed by atoms with E-state index in [0.29, 0.717) is 0 Å². The van der Waals surface area contributed by atoms with E-state index in [1.54, 1.807) is 0 Å². The highest BCUT2D eigenvalue weighted by atomic mass is 16.3. The van der Waals surface area contributed by atoms with E-state index in [1.165, 1.54) is 23.2 Å². The summed E-state index contributed by atoms with van der Waals surface area (Å²) in [7, 11) is 0. The summed E-state index contributed by atoms with van der Waals surface area (Å²) in [6, 6.07) is 6.32. The van der Waals surface area contributed by atoms with E-state index in [0.717, 1.165) is 19.4 Å². The summed E-state index contributed by atoms with van der Waals surface area (Å²) >= 11 is 0. The molecule has 2 N–H and O–H groups in total. The molecule has 0 aliphatic carbocycles. The quantitative estimate of drug-likeness (QED) is 0.777.